The van der Waals surface area contributed by atoms with E-state index in [-0.39, 0.29) is 6.03 Å². The molecule has 2 aliphatic rings. The smallest absolute Gasteiger partial charge is 0.317 e. The van der Waals surface area contributed by atoms with Crippen molar-refractivity contribution in [2.45, 2.75) is 37.7 Å². The number of nitrogens with zero attached hydrogens (tertiary/aromatic N) is 1. The number of ether oxygens (including phenoxy) is 1. The van der Waals surface area contributed by atoms with Gasteiger partial charge in [-0.2, -0.15) is 0 Å². The first-order valence-electron chi connectivity index (χ1n) is 9.16. The third kappa shape index (κ3) is 4.87. The molecule has 1 aromatic rings. The van der Waals surface area contributed by atoms with Gasteiger partial charge in [-0.05, 0) is 55.7 Å². The summed E-state index contributed by atoms with van der Waals surface area (Å²) in [5, 5.41) is 14.5. The summed E-state index contributed by atoms with van der Waals surface area (Å²) in [4.78, 5) is 14.1. The summed E-state index contributed by atoms with van der Waals surface area (Å²) in [5.74, 6) is 0.654. The van der Waals surface area contributed by atoms with Crippen LogP contribution in [-0.2, 0) is 10.3 Å². The normalized spacial score (nSPS) is 22.8. The fraction of sp³-hybridized carbons (Fsp3) is 0.632. The van der Waals surface area contributed by atoms with Gasteiger partial charge in [-0.3, -0.25) is 0 Å². The molecular formula is C19H27ClN2O3. The van der Waals surface area contributed by atoms with Crippen LogP contribution in [0.15, 0.2) is 24.3 Å². The molecule has 0 bridgehead atoms. The average Bonchev–Trinajstić information content (AvgIpc) is 3.13. The van der Waals surface area contributed by atoms with Crippen LogP contribution in [0.25, 0.3) is 0 Å². The molecule has 25 heavy (non-hydrogen) atoms. The Hall–Kier alpha value is -1.30. The summed E-state index contributed by atoms with van der Waals surface area (Å²) in [6.07, 6.45) is 4.32. The zero-order valence-electron chi connectivity index (χ0n) is 14.5. The van der Waals surface area contributed by atoms with Crippen LogP contribution in [0.5, 0.6) is 0 Å². The Morgan fingerprint density at radius 3 is 2.68 bits per heavy atom. The lowest BCUT2D eigenvalue weighted by Crippen LogP contribution is -2.48. The Balaban J connectivity index is 1.40. The van der Waals surface area contributed by atoms with Crippen LogP contribution in [0.4, 0.5) is 4.79 Å². The number of benzene rings is 1. The van der Waals surface area contributed by atoms with Gasteiger partial charge in [0.05, 0.1) is 5.60 Å². The number of carbonyl (C=O) groups is 1. The predicted octanol–water partition coefficient (Wildman–Crippen LogP) is 3.15. The van der Waals surface area contributed by atoms with Crippen LogP contribution >= 0.6 is 11.6 Å². The molecule has 2 heterocycles. The van der Waals surface area contributed by atoms with E-state index in [4.69, 9.17) is 16.3 Å². The molecule has 2 aliphatic heterocycles. The average molecular weight is 367 g/mol. The topological polar surface area (TPSA) is 61.8 Å². The number of aliphatic hydroxyl groups is 1. The number of hydrogen-bond donors (Lipinski definition) is 2. The fourth-order valence-electron chi connectivity index (χ4n) is 3.64. The highest BCUT2D eigenvalue weighted by molar-refractivity contribution is 6.30. The molecule has 2 fully saturated rings. The zero-order valence-corrected chi connectivity index (χ0v) is 15.3. The molecule has 0 spiro atoms. The quantitative estimate of drug-likeness (QED) is 0.787. The summed E-state index contributed by atoms with van der Waals surface area (Å²) < 4.78 is 5.37. The van der Waals surface area contributed by atoms with Crippen molar-refractivity contribution in [2.75, 3.05) is 32.8 Å². The maximum atomic E-state index is 12.3. The van der Waals surface area contributed by atoms with Crippen molar-refractivity contribution in [3.05, 3.63) is 34.9 Å². The zero-order chi connectivity index (χ0) is 17.7. The lowest BCUT2D eigenvalue weighted by Gasteiger charge is -2.38. The van der Waals surface area contributed by atoms with Gasteiger partial charge in [0.1, 0.15) is 0 Å². The van der Waals surface area contributed by atoms with Crippen LogP contribution in [0.1, 0.15) is 37.7 Å². The number of piperidine rings is 1. The minimum atomic E-state index is -0.871. The first kappa shape index (κ1) is 18.5. The van der Waals surface area contributed by atoms with Crippen LogP contribution in [0.2, 0.25) is 5.02 Å². The second-order valence-electron chi connectivity index (χ2n) is 7.13. The van der Waals surface area contributed by atoms with Gasteiger partial charge in [0.15, 0.2) is 0 Å². The van der Waals surface area contributed by atoms with E-state index >= 15 is 0 Å². The second-order valence-corrected chi connectivity index (χ2v) is 7.57. The maximum absolute atomic E-state index is 12.3. The Labute approximate surface area is 154 Å². The summed E-state index contributed by atoms with van der Waals surface area (Å²) in [6, 6.07) is 7.29. The highest BCUT2D eigenvalue weighted by Gasteiger charge is 2.35. The molecule has 0 saturated carbocycles. The molecule has 1 atom stereocenters. The van der Waals surface area contributed by atoms with Gasteiger partial charge in [0.2, 0.25) is 0 Å². The third-order valence-electron chi connectivity index (χ3n) is 5.35. The predicted molar refractivity (Wildman–Crippen MR) is 97.7 cm³/mol. The molecule has 138 valence electrons. The first-order valence-corrected chi connectivity index (χ1v) is 9.53. The number of rotatable bonds is 5. The number of carbonyl (C=O) groups excluding carboxylic acids is 1. The second kappa shape index (κ2) is 8.39. The van der Waals surface area contributed by atoms with E-state index in [0.717, 1.165) is 38.0 Å². The van der Waals surface area contributed by atoms with Crippen molar-refractivity contribution < 1.29 is 14.6 Å². The molecule has 0 aliphatic carbocycles. The van der Waals surface area contributed by atoms with E-state index < -0.39 is 5.60 Å². The number of halogens is 1. The van der Waals surface area contributed by atoms with Crippen LogP contribution in [-0.4, -0.2) is 48.9 Å². The lowest BCUT2D eigenvalue weighted by atomic mass is 9.84. The Bertz CT molecular complexity index is 565. The van der Waals surface area contributed by atoms with Gasteiger partial charge in [-0.1, -0.05) is 23.7 Å². The molecule has 0 aromatic heterocycles. The van der Waals surface area contributed by atoms with E-state index in [1.165, 1.54) is 0 Å². The molecule has 3 rings (SSSR count). The summed E-state index contributed by atoms with van der Waals surface area (Å²) in [7, 11) is 0. The van der Waals surface area contributed by atoms with Crippen molar-refractivity contribution >= 4 is 17.6 Å². The van der Waals surface area contributed by atoms with Gasteiger partial charge < -0.3 is 20.1 Å². The van der Waals surface area contributed by atoms with Crippen LogP contribution in [0.3, 0.4) is 0 Å². The van der Waals surface area contributed by atoms with Gasteiger partial charge in [-0.25, -0.2) is 4.79 Å². The van der Waals surface area contributed by atoms with Gasteiger partial charge in [-0.15, -0.1) is 0 Å². The molecular weight excluding hydrogens is 340 g/mol. The molecule has 6 heteroatoms. The first-order chi connectivity index (χ1) is 12.1. The minimum absolute atomic E-state index is 0.0270. The molecule has 0 radical (unpaired) electrons. The van der Waals surface area contributed by atoms with Crippen molar-refractivity contribution in [2.24, 2.45) is 5.92 Å². The molecule has 2 saturated heterocycles. The van der Waals surface area contributed by atoms with E-state index in [9.17, 15) is 9.90 Å². The van der Waals surface area contributed by atoms with Gasteiger partial charge >= 0.3 is 6.03 Å². The van der Waals surface area contributed by atoms with Gasteiger partial charge in [0.25, 0.3) is 0 Å². The van der Waals surface area contributed by atoms with Gasteiger partial charge in [0, 0.05) is 37.9 Å². The summed E-state index contributed by atoms with van der Waals surface area (Å²) in [6.45, 7) is 3.56. The van der Waals surface area contributed by atoms with E-state index in [0.29, 0.717) is 43.4 Å². The maximum Gasteiger partial charge on any atom is 0.317 e. The Morgan fingerprint density at radius 1 is 1.32 bits per heavy atom. The van der Waals surface area contributed by atoms with Crippen molar-refractivity contribution in [1.29, 1.82) is 0 Å². The number of hydrogen-bond acceptors (Lipinski definition) is 3. The lowest BCUT2D eigenvalue weighted by molar-refractivity contribution is -0.0167. The molecule has 2 N–H and O–H groups in total. The third-order valence-corrected chi connectivity index (χ3v) is 5.60. The number of nitrogens with one attached hydrogen (secondary N) is 1. The van der Waals surface area contributed by atoms with Crippen LogP contribution in [0, 0.1) is 5.92 Å². The SMILES string of the molecule is O=C(NCCCC1CCOC1)N1CCC(O)(c2ccc(Cl)cc2)CC1. The summed E-state index contributed by atoms with van der Waals surface area (Å²) >= 11 is 5.91. The monoisotopic (exact) mass is 366 g/mol. The molecule has 2 amide bonds. The van der Waals surface area contributed by atoms with Crippen molar-refractivity contribution in [3.63, 3.8) is 0 Å². The van der Waals surface area contributed by atoms with E-state index in [1.807, 2.05) is 12.1 Å². The highest BCUT2D eigenvalue weighted by Crippen LogP contribution is 2.33. The highest BCUT2D eigenvalue weighted by atomic mass is 35.5. The largest absolute Gasteiger partial charge is 0.385 e. The molecule has 5 nitrogen and oxygen atoms in total. The number of urea groups is 1. The van der Waals surface area contributed by atoms with E-state index in [1.54, 1.807) is 17.0 Å². The number of likely N-dealkylation sites (tertiary alicyclic amines) is 1. The van der Waals surface area contributed by atoms with Crippen LogP contribution < -0.4 is 5.32 Å². The van der Waals surface area contributed by atoms with Crippen molar-refractivity contribution in [3.8, 4) is 0 Å². The van der Waals surface area contributed by atoms with Crippen molar-refractivity contribution in [1.82, 2.24) is 10.2 Å². The van der Waals surface area contributed by atoms with E-state index in [2.05, 4.69) is 5.32 Å². The Morgan fingerprint density at radius 2 is 2.04 bits per heavy atom. The summed E-state index contributed by atoms with van der Waals surface area (Å²) in [5.41, 5.74) is -0.000132. The minimum Gasteiger partial charge on any atom is -0.385 e. The number of amides is 2. The standard InChI is InChI=1S/C19H27ClN2O3/c20-17-5-3-16(4-6-17)19(24)8-11-22(12-9-19)18(23)21-10-1-2-15-7-13-25-14-15/h3-6,15,24H,1-2,7-14H2,(H,21,23). The fourth-order valence-corrected chi connectivity index (χ4v) is 3.76. The Kier molecular flexibility index (Phi) is 6.20. The molecule has 1 aromatic carbocycles. The molecule has 1 unspecified atom stereocenters.